The molecule has 35 heavy (non-hydrogen) atoms. The second-order valence-electron chi connectivity index (χ2n) is 7.12. The number of hydrogen-bond acceptors (Lipinski definition) is 9. The smallest absolute Gasteiger partial charge is 0.338 e. The van der Waals surface area contributed by atoms with Crippen LogP contribution in [0.15, 0.2) is 68.5 Å². The zero-order chi connectivity index (χ0) is 24.6. The number of thiazole rings is 1. The molecule has 1 N–H and O–H groups in total. The fourth-order valence-corrected chi connectivity index (χ4v) is 4.98. The van der Waals surface area contributed by atoms with Crippen molar-refractivity contribution in [2.45, 2.75) is 18.2 Å². The molecule has 0 radical (unpaired) electrons. The molecule has 0 unspecified atom stereocenters. The third-order valence-electron chi connectivity index (χ3n) is 4.67. The van der Waals surface area contributed by atoms with Gasteiger partial charge in [0.15, 0.2) is 4.34 Å². The lowest BCUT2D eigenvalue weighted by Crippen LogP contribution is -2.19. The number of carbonyl (C=O) groups is 2. The number of fused-ring (bicyclic) bond motifs is 1. The number of aromatic nitrogens is 1. The van der Waals surface area contributed by atoms with Gasteiger partial charge >= 0.3 is 5.97 Å². The molecule has 0 fully saturated rings. The van der Waals surface area contributed by atoms with E-state index in [9.17, 15) is 9.59 Å². The molecule has 2 heterocycles. The Balaban J connectivity index is 1.28. The van der Waals surface area contributed by atoms with Crippen molar-refractivity contribution in [3.05, 3.63) is 65.9 Å². The number of carbonyl (C=O) groups excluding carboxylic acids is 2. The highest BCUT2D eigenvalue weighted by molar-refractivity contribution is 8.01. The molecule has 1 amide bonds. The Bertz CT molecular complexity index is 1340. The second kappa shape index (κ2) is 11.7. The fourth-order valence-electron chi connectivity index (χ4n) is 3.09. The highest BCUT2D eigenvalue weighted by atomic mass is 32.2. The van der Waals surface area contributed by atoms with Gasteiger partial charge in [-0.1, -0.05) is 23.9 Å². The van der Waals surface area contributed by atoms with Gasteiger partial charge in [-0.2, -0.15) is 5.10 Å². The molecule has 0 spiro atoms. The largest absolute Gasteiger partial charge is 0.494 e. The van der Waals surface area contributed by atoms with Gasteiger partial charge in [0, 0.05) is 5.56 Å². The van der Waals surface area contributed by atoms with E-state index in [1.807, 2.05) is 25.1 Å². The predicted octanol–water partition coefficient (Wildman–Crippen LogP) is 5.37. The van der Waals surface area contributed by atoms with Crippen molar-refractivity contribution in [1.29, 1.82) is 0 Å². The summed E-state index contributed by atoms with van der Waals surface area (Å²) >= 11 is 2.87. The highest BCUT2D eigenvalue weighted by Gasteiger charge is 2.10. The van der Waals surface area contributed by atoms with E-state index in [4.69, 9.17) is 13.9 Å². The van der Waals surface area contributed by atoms with E-state index < -0.39 is 0 Å². The molecule has 0 aliphatic rings. The summed E-state index contributed by atoms with van der Waals surface area (Å²) in [6, 6.07) is 16.2. The Kier molecular flexibility index (Phi) is 8.17. The van der Waals surface area contributed by atoms with Gasteiger partial charge in [-0.25, -0.2) is 15.2 Å². The maximum atomic E-state index is 12.2. The topological polar surface area (TPSA) is 103 Å². The molecule has 2 aromatic carbocycles. The van der Waals surface area contributed by atoms with Gasteiger partial charge in [0.05, 0.1) is 41.0 Å². The Labute approximate surface area is 210 Å². The summed E-state index contributed by atoms with van der Waals surface area (Å²) in [6.45, 7) is 4.64. The lowest BCUT2D eigenvalue weighted by molar-refractivity contribution is -0.118. The van der Waals surface area contributed by atoms with E-state index in [-0.39, 0.29) is 17.6 Å². The summed E-state index contributed by atoms with van der Waals surface area (Å²) in [5.74, 6) is 1.49. The first-order chi connectivity index (χ1) is 17.1. The van der Waals surface area contributed by atoms with Crippen LogP contribution in [0.1, 0.15) is 30.0 Å². The van der Waals surface area contributed by atoms with Crippen molar-refractivity contribution >= 4 is 51.4 Å². The summed E-state index contributed by atoms with van der Waals surface area (Å²) < 4.78 is 18.1. The number of hydrogen-bond donors (Lipinski definition) is 1. The molecule has 8 nitrogen and oxygen atoms in total. The molecule has 0 aliphatic carbocycles. The molecule has 0 aliphatic heterocycles. The summed E-state index contributed by atoms with van der Waals surface area (Å²) in [6.07, 6.45) is 1.44. The number of amides is 1. The molecule has 0 atom stereocenters. The second-order valence-corrected chi connectivity index (χ2v) is 9.38. The van der Waals surface area contributed by atoms with Crippen molar-refractivity contribution in [2.75, 3.05) is 19.0 Å². The van der Waals surface area contributed by atoms with Crippen LogP contribution in [0.2, 0.25) is 0 Å². The number of nitrogens with zero attached hydrogens (tertiary/aromatic N) is 2. The maximum Gasteiger partial charge on any atom is 0.338 e. The van der Waals surface area contributed by atoms with Gasteiger partial charge in [-0.15, -0.1) is 11.3 Å². The van der Waals surface area contributed by atoms with Crippen LogP contribution in [0.4, 0.5) is 0 Å². The highest BCUT2D eigenvalue weighted by Crippen LogP contribution is 2.31. The number of nitrogens with one attached hydrogen (secondary N) is 1. The van der Waals surface area contributed by atoms with Crippen LogP contribution >= 0.6 is 23.1 Å². The summed E-state index contributed by atoms with van der Waals surface area (Å²) in [4.78, 5) is 28.5. The van der Waals surface area contributed by atoms with E-state index in [0.29, 0.717) is 30.3 Å². The molecule has 0 bridgehead atoms. The molecular formula is C25H23N3O5S2. The summed E-state index contributed by atoms with van der Waals surface area (Å²) in [7, 11) is 0. The average Bonchev–Trinajstić information content (AvgIpc) is 3.50. The number of ether oxygens (including phenoxy) is 2. The third-order valence-corrected chi connectivity index (χ3v) is 6.83. The number of furan rings is 1. The maximum absolute atomic E-state index is 12.2. The van der Waals surface area contributed by atoms with Crippen molar-refractivity contribution in [3.8, 4) is 17.1 Å². The molecular weight excluding hydrogens is 486 g/mol. The normalized spacial score (nSPS) is 11.1. The van der Waals surface area contributed by atoms with Crippen LogP contribution < -0.4 is 10.2 Å². The molecule has 4 rings (SSSR count). The Morgan fingerprint density at radius 2 is 1.94 bits per heavy atom. The molecule has 180 valence electrons. The standard InChI is InChI=1S/C25H23N3O5S2/c1-3-31-18-9-11-20-22(13-18)35-25(27-20)34-15-23(29)28-26-14-19-10-12-21(33-19)16-5-7-17(8-6-16)24(30)32-4-2/h5-14H,3-4,15H2,1-2H3,(H,28,29). The Morgan fingerprint density at radius 3 is 2.71 bits per heavy atom. The van der Waals surface area contributed by atoms with Crippen molar-refractivity contribution in [1.82, 2.24) is 10.4 Å². The first-order valence-electron chi connectivity index (χ1n) is 10.9. The Hall–Kier alpha value is -3.63. The van der Waals surface area contributed by atoms with Crippen LogP contribution in [-0.2, 0) is 9.53 Å². The van der Waals surface area contributed by atoms with Crippen LogP contribution in [0.3, 0.4) is 0 Å². The SMILES string of the molecule is CCOC(=O)c1ccc(-c2ccc(C=NNC(=O)CSc3nc4ccc(OCC)cc4s3)o2)cc1. The van der Waals surface area contributed by atoms with E-state index in [1.54, 1.807) is 43.3 Å². The van der Waals surface area contributed by atoms with Gasteiger partial charge in [-0.3, -0.25) is 4.79 Å². The minimum absolute atomic E-state index is 0.186. The van der Waals surface area contributed by atoms with Crippen molar-refractivity contribution < 1.29 is 23.5 Å². The zero-order valence-electron chi connectivity index (χ0n) is 19.1. The molecule has 2 aromatic heterocycles. The molecule has 4 aromatic rings. The lowest BCUT2D eigenvalue weighted by atomic mass is 10.1. The lowest BCUT2D eigenvalue weighted by Gasteiger charge is -2.02. The fraction of sp³-hybridized carbons (Fsp3) is 0.200. The molecule has 10 heteroatoms. The minimum Gasteiger partial charge on any atom is -0.494 e. The molecule has 0 saturated heterocycles. The summed E-state index contributed by atoms with van der Waals surface area (Å²) in [5, 5.41) is 3.97. The van der Waals surface area contributed by atoms with Gasteiger partial charge in [-0.05, 0) is 56.3 Å². The first kappa shape index (κ1) is 24.5. The number of hydrazone groups is 1. The van der Waals surface area contributed by atoms with Crippen molar-refractivity contribution in [3.63, 3.8) is 0 Å². The van der Waals surface area contributed by atoms with Crippen LogP contribution in [0.5, 0.6) is 5.75 Å². The van der Waals surface area contributed by atoms with Gasteiger partial charge in [0.1, 0.15) is 17.3 Å². The van der Waals surface area contributed by atoms with Crippen LogP contribution in [0, 0.1) is 0 Å². The number of rotatable bonds is 10. The number of benzene rings is 2. The third kappa shape index (κ3) is 6.49. The quantitative estimate of drug-likeness (QED) is 0.133. The summed E-state index contributed by atoms with van der Waals surface area (Å²) in [5.41, 5.74) is 4.66. The zero-order valence-corrected chi connectivity index (χ0v) is 20.8. The first-order valence-corrected chi connectivity index (χ1v) is 12.7. The average molecular weight is 510 g/mol. The van der Waals surface area contributed by atoms with Crippen molar-refractivity contribution in [2.24, 2.45) is 5.10 Å². The minimum atomic E-state index is -0.362. The van der Waals surface area contributed by atoms with Crippen LogP contribution in [0.25, 0.3) is 21.5 Å². The van der Waals surface area contributed by atoms with Gasteiger partial charge in [0.2, 0.25) is 0 Å². The van der Waals surface area contributed by atoms with E-state index in [2.05, 4.69) is 15.5 Å². The number of esters is 1. The van der Waals surface area contributed by atoms with Gasteiger partial charge in [0.25, 0.3) is 5.91 Å². The monoisotopic (exact) mass is 509 g/mol. The van der Waals surface area contributed by atoms with E-state index in [1.165, 1.54) is 29.3 Å². The van der Waals surface area contributed by atoms with Gasteiger partial charge < -0.3 is 13.9 Å². The van der Waals surface area contributed by atoms with Crippen LogP contribution in [-0.4, -0.2) is 42.0 Å². The number of thioether (sulfide) groups is 1. The predicted molar refractivity (Wildman–Crippen MR) is 137 cm³/mol. The van der Waals surface area contributed by atoms with E-state index >= 15 is 0 Å². The molecule has 0 saturated carbocycles. The van der Waals surface area contributed by atoms with E-state index in [0.717, 1.165) is 25.9 Å². The Morgan fingerprint density at radius 1 is 1.11 bits per heavy atom.